The van der Waals surface area contributed by atoms with Crippen LogP contribution < -0.4 is 15.2 Å². The number of nitrogens with zero attached hydrogens (tertiary/aromatic N) is 1. The van der Waals surface area contributed by atoms with Crippen molar-refractivity contribution in [3.63, 3.8) is 0 Å². The van der Waals surface area contributed by atoms with E-state index < -0.39 is 30.6 Å². The van der Waals surface area contributed by atoms with Crippen molar-refractivity contribution in [2.45, 2.75) is 41.1 Å². The molecule has 8 nitrogen and oxygen atoms in total. The second kappa shape index (κ2) is 6.61. The summed E-state index contributed by atoms with van der Waals surface area (Å²) in [7, 11) is -3.98. The van der Waals surface area contributed by atoms with Crippen LogP contribution in [0.1, 0.15) is 25.7 Å². The highest BCUT2D eigenvalue weighted by Crippen LogP contribution is 2.41. The molecule has 1 aromatic carbocycles. The molecule has 1 saturated carbocycles. The van der Waals surface area contributed by atoms with Crippen LogP contribution in [0.3, 0.4) is 0 Å². The molecule has 0 saturated heterocycles. The largest absolute Gasteiger partial charge is 0.365 e. The molecule has 1 aromatic rings. The second-order valence-corrected chi connectivity index (χ2v) is 10.9. The van der Waals surface area contributed by atoms with Gasteiger partial charge in [0.05, 0.1) is 10.7 Å². The van der Waals surface area contributed by atoms with Gasteiger partial charge in [0.2, 0.25) is 20.0 Å². The average molecular weight is 423 g/mol. The van der Waals surface area contributed by atoms with Gasteiger partial charge in [0, 0.05) is 6.54 Å². The van der Waals surface area contributed by atoms with Crippen LogP contribution >= 0.6 is 11.6 Å². The van der Waals surface area contributed by atoms with Gasteiger partial charge in [0.1, 0.15) is 15.5 Å². The van der Waals surface area contributed by atoms with Crippen LogP contribution in [0, 0.1) is 5.92 Å². The van der Waals surface area contributed by atoms with E-state index >= 15 is 0 Å². The van der Waals surface area contributed by atoms with E-state index in [1.54, 1.807) is 0 Å². The topological polar surface area (TPSA) is 122 Å². The average Bonchev–Trinajstić information content (AvgIpc) is 2.46. The van der Waals surface area contributed by atoms with Crippen molar-refractivity contribution in [2.24, 2.45) is 11.1 Å². The molecule has 0 unspecified atom stereocenters. The summed E-state index contributed by atoms with van der Waals surface area (Å²) < 4.78 is 51.5. The van der Waals surface area contributed by atoms with Gasteiger partial charge in [-0.2, -0.15) is 4.72 Å². The standard InChI is InChI=1S/C15H23ClN4O4S2/c1-20(2)9-10-3-5-15(6-4-10)18-12-7-11(16)13(25(17,21)22)8-14(12)26(23,24)19-15/h7-8,10,18-19H,3-6,9H2,1-2H3,(H2,17,21,22). The third kappa shape index (κ3) is 3.85. The van der Waals surface area contributed by atoms with Gasteiger partial charge in [0.25, 0.3) is 0 Å². The fourth-order valence-corrected chi connectivity index (χ4v) is 6.49. The predicted octanol–water partition coefficient (Wildman–Crippen LogP) is 1.14. The Bertz CT molecular complexity index is 923. The van der Waals surface area contributed by atoms with Crippen LogP contribution in [0.15, 0.2) is 21.9 Å². The van der Waals surface area contributed by atoms with E-state index in [1.165, 1.54) is 6.07 Å². The predicted molar refractivity (Wildman–Crippen MR) is 100 cm³/mol. The second-order valence-electron chi connectivity index (χ2n) is 7.34. The Morgan fingerprint density at radius 1 is 1.31 bits per heavy atom. The maximum absolute atomic E-state index is 12.8. The number of hydrogen-bond donors (Lipinski definition) is 3. The molecule has 4 N–H and O–H groups in total. The van der Waals surface area contributed by atoms with Crippen molar-refractivity contribution in [3.05, 3.63) is 17.2 Å². The van der Waals surface area contributed by atoms with Gasteiger partial charge in [-0.25, -0.2) is 22.0 Å². The minimum absolute atomic E-state index is 0.104. The summed E-state index contributed by atoms with van der Waals surface area (Å²) in [5.41, 5.74) is -0.478. The van der Waals surface area contributed by atoms with Crippen molar-refractivity contribution >= 4 is 37.3 Å². The number of hydrogen-bond acceptors (Lipinski definition) is 6. The SMILES string of the molecule is CN(C)CC1CCC2(CC1)Nc1cc(Cl)c(S(N)(=O)=O)cc1S(=O)(=O)N2. The highest BCUT2D eigenvalue weighted by molar-refractivity contribution is 7.90. The molecule has 1 spiro atoms. The Kier molecular flexibility index (Phi) is 5.04. The van der Waals surface area contributed by atoms with E-state index in [0.717, 1.165) is 25.5 Å². The molecule has 0 bridgehead atoms. The molecule has 1 fully saturated rings. The molecule has 1 heterocycles. The van der Waals surface area contributed by atoms with E-state index in [0.29, 0.717) is 24.4 Å². The minimum Gasteiger partial charge on any atom is -0.365 e. The Labute approximate surface area is 159 Å². The summed E-state index contributed by atoms with van der Waals surface area (Å²) in [6, 6.07) is 2.33. The fraction of sp³-hybridized carbons (Fsp3) is 0.600. The molecule has 1 aliphatic heterocycles. The fourth-order valence-electron chi connectivity index (χ4n) is 3.76. The van der Waals surface area contributed by atoms with E-state index in [4.69, 9.17) is 16.7 Å². The summed E-state index contributed by atoms with van der Waals surface area (Å²) in [5.74, 6) is 0.511. The number of benzene rings is 1. The zero-order valence-corrected chi connectivity index (χ0v) is 17.0. The first-order valence-corrected chi connectivity index (χ1v) is 11.7. The Morgan fingerprint density at radius 3 is 2.46 bits per heavy atom. The highest BCUT2D eigenvalue weighted by atomic mass is 35.5. The summed E-state index contributed by atoms with van der Waals surface area (Å²) in [6.07, 6.45) is 3.04. The monoisotopic (exact) mass is 422 g/mol. The first-order valence-electron chi connectivity index (χ1n) is 8.25. The highest BCUT2D eigenvalue weighted by Gasteiger charge is 2.44. The van der Waals surface area contributed by atoms with E-state index in [2.05, 4.69) is 14.9 Å². The number of rotatable bonds is 3. The number of primary sulfonamides is 1. The summed E-state index contributed by atoms with van der Waals surface area (Å²) in [6.45, 7) is 0.961. The van der Waals surface area contributed by atoms with E-state index in [1.807, 2.05) is 14.1 Å². The number of sulfonamides is 2. The maximum atomic E-state index is 12.8. The van der Waals surface area contributed by atoms with Gasteiger partial charge in [-0.05, 0) is 57.8 Å². The minimum atomic E-state index is -4.13. The molecule has 146 valence electrons. The van der Waals surface area contributed by atoms with Crippen molar-refractivity contribution in [1.82, 2.24) is 9.62 Å². The van der Waals surface area contributed by atoms with Crippen LogP contribution in [0.5, 0.6) is 0 Å². The molecule has 0 atom stereocenters. The summed E-state index contributed by atoms with van der Waals surface area (Å²) in [4.78, 5) is 1.56. The van der Waals surface area contributed by atoms with Gasteiger partial charge in [-0.3, -0.25) is 0 Å². The van der Waals surface area contributed by atoms with E-state index in [-0.39, 0.29) is 9.92 Å². The number of anilines is 1. The lowest BCUT2D eigenvalue weighted by molar-refractivity contribution is 0.201. The quantitative estimate of drug-likeness (QED) is 0.671. The van der Waals surface area contributed by atoms with Crippen LogP contribution in [-0.4, -0.2) is 48.0 Å². The Hall–Kier alpha value is -0.910. The molecule has 2 aliphatic rings. The molecule has 3 rings (SSSR count). The third-order valence-electron chi connectivity index (χ3n) is 4.92. The molecule has 26 heavy (non-hydrogen) atoms. The number of nitrogens with two attached hydrogens (primary N) is 1. The van der Waals surface area contributed by atoms with Crippen LogP contribution in [-0.2, 0) is 20.0 Å². The lowest BCUT2D eigenvalue weighted by Crippen LogP contribution is -2.59. The third-order valence-corrected chi connectivity index (χ3v) is 7.87. The van der Waals surface area contributed by atoms with Gasteiger partial charge >= 0.3 is 0 Å². The molecule has 0 aromatic heterocycles. The molecule has 11 heteroatoms. The molecular weight excluding hydrogens is 400 g/mol. The van der Waals surface area contributed by atoms with Gasteiger partial charge < -0.3 is 10.2 Å². The lowest BCUT2D eigenvalue weighted by atomic mass is 9.81. The van der Waals surface area contributed by atoms with Crippen LogP contribution in [0.25, 0.3) is 0 Å². The number of halogens is 1. The van der Waals surface area contributed by atoms with Gasteiger partial charge in [-0.1, -0.05) is 11.6 Å². The smallest absolute Gasteiger partial charge is 0.244 e. The first-order chi connectivity index (χ1) is 11.9. The Morgan fingerprint density at radius 2 is 1.92 bits per heavy atom. The van der Waals surface area contributed by atoms with Crippen molar-refractivity contribution in [3.8, 4) is 0 Å². The zero-order valence-electron chi connectivity index (χ0n) is 14.6. The number of nitrogens with one attached hydrogen (secondary N) is 2. The zero-order chi connectivity index (χ0) is 19.3. The van der Waals surface area contributed by atoms with Gasteiger partial charge in [-0.15, -0.1) is 0 Å². The molecule has 1 aliphatic carbocycles. The lowest BCUT2D eigenvalue weighted by Gasteiger charge is -2.45. The summed E-state index contributed by atoms with van der Waals surface area (Å²) >= 11 is 6.03. The first kappa shape index (κ1) is 19.8. The molecular formula is C15H23ClN4O4S2. The normalized spacial score (nSPS) is 28.0. The van der Waals surface area contributed by atoms with Crippen molar-refractivity contribution < 1.29 is 16.8 Å². The maximum Gasteiger partial charge on any atom is 0.244 e. The van der Waals surface area contributed by atoms with E-state index in [9.17, 15) is 16.8 Å². The summed E-state index contributed by atoms with van der Waals surface area (Å²) in [5, 5.41) is 8.25. The van der Waals surface area contributed by atoms with Gasteiger partial charge in [0.15, 0.2) is 0 Å². The van der Waals surface area contributed by atoms with Crippen molar-refractivity contribution in [1.29, 1.82) is 0 Å². The van der Waals surface area contributed by atoms with Crippen LogP contribution in [0.2, 0.25) is 5.02 Å². The molecule has 0 amide bonds. The van der Waals surface area contributed by atoms with Crippen molar-refractivity contribution in [2.75, 3.05) is 26.0 Å². The number of fused-ring (bicyclic) bond motifs is 1. The van der Waals surface area contributed by atoms with Crippen LogP contribution in [0.4, 0.5) is 5.69 Å². The molecule has 0 radical (unpaired) electrons. The Balaban J connectivity index is 1.94.